The van der Waals surface area contributed by atoms with Gasteiger partial charge in [0.15, 0.2) is 9.77 Å². The average Bonchev–Trinajstić information content (AvgIpc) is 2.74. The molecule has 174 valence electrons. The molecule has 1 aliphatic heterocycles. The van der Waals surface area contributed by atoms with Crippen LogP contribution >= 0.6 is 0 Å². The Hall–Kier alpha value is -2.53. The molecular formula is C21H23F4N3O3S. The summed E-state index contributed by atoms with van der Waals surface area (Å²) in [5.74, 6) is -0.962. The first-order valence-electron chi connectivity index (χ1n) is 9.86. The number of carbonyl (C=O) groups excluding carboxylic acids is 1. The first-order valence-corrected chi connectivity index (χ1v) is 11.3. The van der Waals surface area contributed by atoms with Gasteiger partial charge in [-0.2, -0.15) is 13.2 Å². The van der Waals surface area contributed by atoms with Crippen molar-refractivity contribution in [1.29, 1.82) is 0 Å². The number of sulfone groups is 1. The van der Waals surface area contributed by atoms with Gasteiger partial charge in [0.2, 0.25) is 15.7 Å². The van der Waals surface area contributed by atoms with Gasteiger partial charge in [-0.25, -0.2) is 17.8 Å². The van der Waals surface area contributed by atoms with E-state index in [4.69, 9.17) is 0 Å². The van der Waals surface area contributed by atoms with Gasteiger partial charge in [0.25, 0.3) is 0 Å². The lowest BCUT2D eigenvalue weighted by Crippen LogP contribution is -2.56. The second-order valence-electron chi connectivity index (χ2n) is 8.09. The van der Waals surface area contributed by atoms with Crippen LogP contribution in [0.25, 0.3) is 0 Å². The third-order valence-electron chi connectivity index (χ3n) is 5.50. The van der Waals surface area contributed by atoms with E-state index in [2.05, 4.69) is 9.88 Å². The average molecular weight is 473 g/mol. The Kier molecular flexibility index (Phi) is 6.62. The molecule has 1 fully saturated rings. The molecule has 2 aromatic rings. The summed E-state index contributed by atoms with van der Waals surface area (Å²) >= 11 is 0. The van der Waals surface area contributed by atoms with Crippen molar-refractivity contribution >= 4 is 15.7 Å². The van der Waals surface area contributed by atoms with Crippen LogP contribution < -0.4 is 0 Å². The minimum Gasteiger partial charge on any atom is -0.339 e. The number of alkyl halides is 3. The fourth-order valence-corrected chi connectivity index (χ4v) is 4.74. The van der Waals surface area contributed by atoms with Gasteiger partial charge in [-0.3, -0.25) is 9.69 Å². The zero-order valence-electron chi connectivity index (χ0n) is 17.6. The summed E-state index contributed by atoms with van der Waals surface area (Å²) < 4.78 is 75.4. The van der Waals surface area contributed by atoms with Gasteiger partial charge in [-0.05, 0) is 43.7 Å². The highest BCUT2D eigenvalue weighted by Crippen LogP contribution is 2.31. The van der Waals surface area contributed by atoms with E-state index in [0.29, 0.717) is 45.0 Å². The predicted octanol–water partition coefficient (Wildman–Crippen LogP) is 3.14. The molecule has 0 unspecified atom stereocenters. The number of halogens is 4. The second-order valence-corrected chi connectivity index (χ2v) is 10.5. The first-order chi connectivity index (χ1) is 14.8. The summed E-state index contributed by atoms with van der Waals surface area (Å²) in [5, 5.41) is -0.584. The number of aromatic nitrogens is 1. The first kappa shape index (κ1) is 24.1. The van der Waals surface area contributed by atoms with Gasteiger partial charge < -0.3 is 4.90 Å². The van der Waals surface area contributed by atoms with E-state index in [1.165, 1.54) is 30.9 Å². The fraction of sp³-hybridized carbons (Fsp3) is 0.429. The normalized spacial score (nSPS) is 16.2. The highest BCUT2D eigenvalue weighted by atomic mass is 32.2. The number of piperazine rings is 1. The number of carbonyl (C=O) groups is 1. The van der Waals surface area contributed by atoms with Crippen LogP contribution in [0.5, 0.6) is 0 Å². The van der Waals surface area contributed by atoms with Crippen LogP contribution in [-0.4, -0.2) is 60.0 Å². The SMILES string of the molecule is CC(C)(C(=O)N1CCN(Cc2ccc(F)cc2)CC1)S(=O)(=O)c1ccc(C(F)(F)F)cn1. The molecule has 0 bridgehead atoms. The van der Waals surface area contributed by atoms with E-state index in [0.717, 1.165) is 11.6 Å². The Morgan fingerprint density at radius 1 is 1.00 bits per heavy atom. The summed E-state index contributed by atoms with van der Waals surface area (Å²) in [4.78, 5) is 20.0. The van der Waals surface area contributed by atoms with Crippen LogP contribution in [0.4, 0.5) is 17.6 Å². The summed E-state index contributed by atoms with van der Waals surface area (Å²) in [6.45, 7) is 4.61. The molecule has 0 atom stereocenters. The molecule has 6 nitrogen and oxygen atoms in total. The van der Waals surface area contributed by atoms with Crippen LogP contribution in [-0.2, 0) is 27.4 Å². The van der Waals surface area contributed by atoms with Gasteiger partial charge in [0.1, 0.15) is 5.82 Å². The van der Waals surface area contributed by atoms with Crippen molar-refractivity contribution in [2.24, 2.45) is 0 Å². The van der Waals surface area contributed by atoms with Crippen molar-refractivity contribution in [3.63, 3.8) is 0 Å². The number of hydrogen-bond donors (Lipinski definition) is 0. The summed E-state index contributed by atoms with van der Waals surface area (Å²) in [6, 6.07) is 7.51. The number of pyridine rings is 1. The molecule has 0 radical (unpaired) electrons. The van der Waals surface area contributed by atoms with Crippen molar-refractivity contribution in [1.82, 2.24) is 14.8 Å². The molecule has 2 heterocycles. The van der Waals surface area contributed by atoms with Crippen LogP contribution in [0, 0.1) is 5.82 Å². The molecule has 1 amide bonds. The molecule has 0 spiro atoms. The lowest BCUT2D eigenvalue weighted by atomic mass is 10.1. The van der Waals surface area contributed by atoms with Gasteiger partial charge in [-0.15, -0.1) is 0 Å². The fourth-order valence-electron chi connectivity index (χ4n) is 3.42. The predicted molar refractivity (Wildman–Crippen MR) is 109 cm³/mol. The van der Waals surface area contributed by atoms with E-state index in [1.807, 2.05) is 0 Å². The van der Waals surface area contributed by atoms with E-state index >= 15 is 0 Å². The molecule has 0 saturated carbocycles. The Labute approximate surface area is 183 Å². The molecular weight excluding hydrogens is 450 g/mol. The van der Waals surface area contributed by atoms with Crippen molar-refractivity contribution < 1.29 is 30.8 Å². The highest BCUT2D eigenvalue weighted by molar-refractivity contribution is 7.93. The molecule has 11 heteroatoms. The number of hydrogen-bond acceptors (Lipinski definition) is 5. The van der Waals surface area contributed by atoms with E-state index in [-0.39, 0.29) is 5.82 Å². The quantitative estimate of drug-likeness (QED) is 0.624. The summed E-state index contributed by atoms with van der Waals surface area (Å²) in [7, 11) is -4.33. The van der Waals surface area contributed by atoms with Crippen LogP contribution in [0.3, 0.4) is 0 Å². The minimum atomic E-state index is -4.64. The molecule has 1 aromatic heterocycles. The molecule has 32 heavy (non-hydrogen) atoms. The van der Waals surface area contributed by atoms with E-state index < -0.39 is 37.3 Å². The number of benzene rings is 1. The standard InChI is InChI=1S/C21H23F4N3O3S/c1-20(2,32(30,31)18-8-5-16(13-26-18)21(23,24)25)19(29)28-11-9-27(10-12-28)14-15-3-6-17(22)7-4-15/h3-8,13H,9-12,14H2,1-2H3. The highest BCUT2D eigenvalue weighted by Gasteiger charge is 2.46. The maximum Gasteiger partial charge on any atom is 0.417 e. The second kappa shape index (κ2) is 8.78. The van der Waals surface area contributed by atoms with Crippen LogP contribution in [0.15, 0.2) is 47.6 Å². The van der Waals surface area contributed by atoms with Crippen molar-refractivity contribution in [2.75, 3.05) is 26.2 Å². The van der Waals surface area contributed by atoms with Gasteiger partial charge in [0, 0.05) is 38.9 Å². The minimum absolute atomic E-state index is 0.291. The monoisotopic (exact) mass is 473 g/mol. The topological polar surface area (TPSA) is 70.6 Å². The Morgan fingerprint density at radius 3 is 2.09 bits per heavy atom. The zero-order chi connectivity index (χ0) is 23.7. The van der Waals surface area contributed by atoms with Gasteiger partial charge >= 0.3 is 6.18 Å². The number of rotatable bonds is 5. The van der Waals surface area contributed by atoms with Gasteiger partial charge in [0.05, 0.1) is 5.56 Å². The Morgan fingerprint density at radius 2 is 1.59 bits per heavy atom. The Balaban J connectivity index is 1.67. The van der Waals surface area contributed by atoms with Crippen molar-refractivity contribution in [3.8, 4) is 0 Å². The van der Waals surface area contributed by atoms with Gasteiger partial charge in [-0.1, -0.05) is 12.1 Å². The molecule has 1 aliphatic rings. The molecule has 1 saturated heterocycles. The molecule has 0 aliphatic carbocycles. The largest absolute Gasteiger partial charge is 0.417 e. The van der Waals surface area contributed by atoms with Crippen molar-refractivity contribution in [3.05, 3.63) is 59.5 Å². The van der Waals surface area contributed by atoms with Crippen molar-refractivity contribution in [2.45, 2.75) is 36.3 Å². The number of amides is 1. The summed E-state index contributed by atoms with van der Waals surface area (Å²) in [6.07, 6.45) is -4.20. The summed E-state index contributed by atoms with van der Waals surface area (Å²) in [5.41, 5.74) is -0.152. The smallest absolute Gasteiger partial charge is 0.339 e. The zero-order valence-corrected chi connectivity index (χ0v) is 18.4. The maximum atomic E-state index is 13.0. The molecule has 3 rings (SSSR count). The van der Waals surface area contributed by atoms with E-state index in [1.54, 1.807) is 12.1 Å². The number of nitrogens with zero attached hydrogens (tertiary/aromatic N) is 3. The van der Waals surface area contributed by atoms with E-state index in [9.17, 15) is 30.8 Å². The van der Waals surface area contributed by atoms with Crippen LogP contribution in [0.2, 0.25) is 0 Å². The Bertz CT molecular complexity index is 1060. The maximum absolute atomic E-state index is 13.0. The van der Waals surface area contributed by atoms with Crippen LogP contribution in [0.1, 0.15) is 25.0 Å². The lowest BCUT2D eigenvalue weighted by Gasteiger charge is -2.38. The molecule has 1 aromatic carbocycles. The third kappa shape index (κ3) is 4.93. The molecule has 0 N–H and O–H groups in total. The third-order valence-corrected chi connectivity index (χ3v) is 7.82. The lowest BCUT2D eigenvalue weighted by molar-refractivity contribution is -0.138.